The van der Waals surface area contributed by atoms with E-state index in [0.29, 0.717) is 12.1 Å². The summed E-state index contributed by atoms with van der Waals surface area (Å²) in [5.74, 6) is -0.264. The highest BCUT2D eigenvalue weighted by Gasteiger charge is 2.17. The van der Waals surface area contributed by atoms with Crippen molar-refractivity contribution < 1.29 is 14.6 Å². The number of hydrogen-bond donors (Lipinski definition) is 1. The molecule has 1 unspecified atom stereocenters. The number of para-hydroxylation sites is 1. The molecule has 1 rings (SSSR count). The van der Waals surface area contributed by atoms with Crippen molar-refractivity contribution >= 4 is 11.7 Å². The lowest BCUT2D eigenvalue weighted by Crippen LogP contribution is -2.25. The summed E-state index contributed by atoms with van der Waals surface area (Å²) < 4.78 is 4.82. The largest absolute Gasteiger partial charge is 0.464 e. The van der Waals surface area contributed by atoms with Crippen molar-refractivity contribution in [3.63, 3.8) is 0 Å². The Morgan fingerprint density at radius 1 is 1.35 bits per heavy atom. The third kappa shape index (κ3) is 4.38. The van der Waals surface area contributed by atoms with Crippen LogP contribution in [0, 0.1) is 5.92 Å². The first-order chi connectivity index (χ1) is 9.47. The molecular weight excluding hydrogens is 254 g/mol. The number of nitrogens with zero attached hydrogens (tertiary/aromatic N) is 1. The minimum absolute atomic E-state index is 0.146. The Bertz CT molecular complexity index is 454. The van der Waals surface area contributed by atoms with Crippen molar-refractivity contribution in [1.82, 2.24) is 0 Å². The fraction of sp³-hybridized carbons (Fsp3) is 0.438. The molecule has 0 amide bonds. The van der Waals surface area contributed by atoms with Gasteiger partial charge >= 0.3 is 5.97 Å². The first-order valence-electron chi connectivity index (χ1n) is 6.72. The zero-order valence-corrected chi connectivity index (χ0v) is 12.5. The summed E-state index contributed by atoms with van der Waals surface area (Å²) in [4.78, 5) is 13.7. The van der Waals surface area contributed by atoms with Crippen LogP contribution in [0.1, 0.15) is 20.3 Å². The van der Waals surface area contributed by atoms with Crippen molar-refractivity contribution in [2.24, 2.45) is 5.92 Å². The number of ether oxygens (including phenoxy) is 1. The van der Waals surface area contributed by atoms with Crippen molar-refractivity contribution in [2.45, 2.75) is 26.4 Å². The topological polar surface area (TPSA) is 49.8 Å². The number of esters is 1. The standard InChI is InChI=1S/C16H23NO3/c1-12(2)15(18)11-10-14(16(19)20-4)17(3)13-8-6-5-7-9-13/h5-10,12,15,18H,11H2,1-4H3/b14-10-. The molecule has 4 nitrogen and oxygen atoms in total. The molecule has 0 heterocycles. The Balaban J connectivity index is 2.95. The SMILES string of the molecule is COC(=O)/C(=C/CC(O)C(C)C)N(C)c1ccccc1. The van der Waals surface area contributed by atoms with E-state index in [1.807, 2.05) is 44.2 Å². The first kappa shape index (κ1) is 16.2. The van der Waals surface area contributed by atoms with E-state index >= 15 is 0 Å². The molecule has 0 saturated heterocycles. The van der Waals surface area contributed by atoms with Gasteiger partial charge in [0.25, 0.3) is 0 Å². The van der Waals surface area contributed by atoms with Gasteiger partial charge in [-0.2, -0.15) is 0 Å². The van der Waals surface area contributed by atoms with Gasteiger partial charge in [-0.25, -0.2) is 4.79 Å². The van der Waals surface area contributed by atoms with E-state index in [4.69, 9.17) is 4.74 Å². The highest BCUT2D eigenvalue weighted by Crippen LogP contribution is 2.19. The van der Waals surface area contributed by atoms with Gasteiger partial charge in [-0.3, -0.25) is 0 Å². The van der Waals surface area contributed by atoms with E-state index in [1.54, 1.807) is 18.0 Å². The Hall–Kier alpha value is -1.81. The lowest BCUT2D eigenvalue weighted by Gasteiger charge is -2.22. The second kappa shape index (κ2) is 7.70. The summed E-state index contributed by atoms with van der Waals surface area (Å²) in [7, 11) is 3.16. The maximum absolute atomic E-state index is 11.9. The average molecular weight is 277 g/mol. The van der Waals surface area contributed by atoms with Crippen LogP contribution in [0.15, 0.2) is 42.1 Å². The maximum Gasteiger partial charge on any atom is 0.354 e. The van der Waals surface area contributed by atoms with Crippen molar-refractivity contribution in [3.05, 3.63) is 42.1 Å². The van der Waals surface area contributed by atoms with Gasteiger partial charge in [0, 0.05) is 12.7 Å². The molecule has 0 aliphatic carbocycles. The summed E-state index contributed by atoms with van der Waals surface area (Å²) in [6.07, 6.45) is 1.67. The number of hydrogen-bond acceptors (Lipinski definition) is 4. The number of carbonyl (C=O) groups is 1. The van der Waals surface area contributed by atoms with Gasteiger partial charge in [0.2, 0.25) is 0 Å². The third-order valence-corrected chi connectivity index (χ3v) is 3.22. The highest BCUT2D eigenvalue weighted by molar-refractivity contribution is 5.92. The fourth-order valence-corrected chi connectivity index (χ4v) is 1.76. The van der Waals surface area contributed by atoms with Crippen molar-refractivity contribution in [3.8, 4) is 0 Å². The van der Waals surface area contributed by atoms with E-state index in [-0.39, 0.29) is 5.92 Å². The summed E-state index contributed by atoms with van der Waals surface area (Å²) in [5.41, 5.74) is 1.32. The van der Waals surface area contributed by atoms with Crippen LogP contribution < -0.4 is 4.90 Å². The lowest BCUT2D eigenvalue weighted by molar-refractivity contribution is -0.136. The van der Waals surface area contributed by atoms with Crippen LogP contribution in [-0.4, -0.2) is 31.3 Å². The molecule has 1 N–H and O–H groups in total. The molecule has 0 spiro atoms. The van der Waals surface area contributed by atoms with E-state index < -0.39 is 12.1 Å². The molecule has 1 aromatic rings. The van der Waals surface area contributed by atoms with Gasteiger partial charge < -0.3 is 14.7 Å². The molecule has 20 heavy (non-hydrogen) atoms. The Labute approximate surface area is 120 Å². The smallest absolute Gasteiger partial charge is 0.354 e. The number of aliphatic hydroxyl groups excluding tert-OH is 1. The molecule has 0 aromatic heterocycles. The normalized spacial score (nSPS) is 13.2. The number of rotatable bonds is 6. The number of aliphatic hydroxyl groups is 1. The van der Waals surface area contributed by atoms with E-state index in [2.05, 4.69) is 0 Å². The summed E-state index contributed by atoms with van der Waals surface area (Å²) in [6.45, 7) is 3.88. The molecule has 0 aliphatic rings. The number of carbonyl (C=O) groups excluding carboxylic acids is 1. The van der Waals surface area contributed by atoms with Crippen LogP contribution in [0.5, 0.6) is 0 Å². The highest BCUT2D eigenvalue weighted by atomic mass is 16.5. The second-order valence-electron chi connectivity index (χ2n) is 5.02. The van der Waals surface area contributed by atoms with Crippen LogP contribution in [0.25, 0.3) is 0 Å². The van der Waals surface area contributed by atoms with Crippen LogP contribution in [0.3, 0.4) is 0 Å². The van der Waals surface area contributed by atoms with E-state index in [0.717, 1.165) is 5.69 Å². The summed E-state index contributed by atoms with van der Waals surface area (Å²) in [6, 6.07) is 9.56. The van der Waals surface area contributed by atoms with E-state index in [9.17, 15) is 9.90 Å². The minimum atomic E-state index is -0.473. The quantitative estimate of drug-likeness (QED) is 0.641. The fourth-order valence-electron chi connectivity index (χ4n) is 1.76. The zero-order chi connectivity index (χ0) is 15.1. The van der Waals surface area contributed by atoms with Gasteiger partial charge in [-0.1, -0.05) is 38.1 Å². The van der Waals surface area contributed by atoms with Gasteiger partial charge in [-0.15, -0.1) is 0 Å². The number of methoxy groups -OCH3 is 1. The van der Waals surface area contributed by atoms with Gasteiger partial charge in [0.1, 0.15) is 5.70 Å². The minimum Gasteiger partial charge on any atom is -0.464 e. The molecule has 0 saturated carbocycles. The Morgan fingerprint density at radius 3 is 2.45 bits per heavy atom. The van der Waals surface area contributed by atoms with Gasteiger partial charge in [-0.05, 0) is 24.5 Å². The molecule has 0 fully saturated rings. The zero-order valence-electron chi connectivity index (χ0n) is 12.5. The monoisotopic (exact) mass is 277 g/mol. The molecule has 0 bridgehead atoms. The number of likely N-dealkylation sites (N-methyl/N-ethyl adjacent to an activating group) is 1. The molecule has 1 atom stereocenters. The second-order valence-corrected chi connectivity index (χ2v) is 5.02. The van der Waals surface area contributed by atoms with Crippen molar-refractivity contribution in [2.75, 3.05) is 19.1 Å². The van der Waals surface area contributed by atoms with Crippen LogP contribution in [0.2, 0.25) is 0 Å². The molecule has 0 radical (unpaired) electrons. The first-order valence-corrected chi connectivity index (χ1v) is 6.72. The summed E-state index contributed by atoms with van der Waals surface area (Å²) >= 11 is 0. The molecule has 1 aromatic carbocycles. The third-order valence-electron chi connectivity index (χ3n) is 3.22. The molecule has 4 heteroatoms. The maximum atomic E-state index is 11.9. The number of benzene rings is 1. The predicted molar refractivity (Wildman–Crippen MR) is 80.4 cm³/mol. The summed E-state index contributed by atoms with van der Waals surface area (Å²) in [5, 5.41) is 9.87. The molecular formula is C16H23NO3. The van der Waals surface area contributed by atoms with Gasteiger partial charge in [0.15, 0.2) is 0 Å². The van der Waals surface area contributed by atoms with Gasteiger partial charge in [0.05, 0.1) is 13.2 Å². The van der Waals surface area contributed by atoms with Crippen LogP contribution >= 0.6 is 0 Å². The Morgan fingerprint density at radius 2 is 1.95 bits per heavy atom. The van der Waals surface area contributed by atoms with Crippen LogP contribution in [-0.2, 0) is 9.53 Å². The van der Waals surface area contributed by atoms with Crippen LogP contribution in [0.4, 0.5) is 5.69 Å². The average Bonchev–Trinajstić information content (AvgIpc) is 2.47. The predicted octanol–water partition coefficient (Wildman–Crippen LogP) is 2.59. The molecule has 110 valence electrons. The molecule has 0 aliphatic heterocycles. The van der Waals surface area contributed by atoms with Crippen molar-refractivity contribution in [1.29, 1.82) is 0 Å². The van der Waals surface area contributed by atoms with E-state index in [1.165, 1.54) is 7.11 Å². The number of anilines is 1. The lowest BCUT2D eigenvalue weighted by atomic mass is 10.0. The Kier molecular flexibility index (Phi) is 6.25.